The van der Waals surface area contributed by atoms with Crippen molar-refractivity contribution in [1.82, 2.24) is 10.3 Å². The molecule has 31 heavy (non-hydrogen) atoms. The number of hydrogen-bond acceptors (Lipinski definition) is 4. The summed E-state index contributed by atoms with van der Waals surface area (Å²) in [5.74, 6) is -0.283. The van der Waals surface area contributed by atoms with E-state index < -0.39 is 9.84 Å². The molecule has 0 aliphatic rings. The molecule has 0 radical (unpaired) electrons. The van der Waals surface area contributed by atoms with E-state index in [1.807, 2.05) is 6.92 Å². The normalized spacial score (nSPS) is 11.6. The highest BCUT2D eigenvalue weighted by Crippen LogP contribution is 2.33. The van der Waals surface area contributed by atoms with Crippen molar-refractivity contribution in [2.24, 2.45) is 4.99 Å². The first-order chi connectivity index (χ1) is 14.7. The molecule has 0 atom stereocenters. The van der Waals surface area contributed by atoms with Gasteiger partial charge in [-0.3, -0.25) is 9.79 Å². The lowest BCUT2D eigenvalue weighted by molar-refractivity contribution is 0.0946. The van der Waals surface area contributed by atoms with Crippen molar-refractivity contribution in [3.05, 3.63) is 87.3 Å². The summed E-state index contributed by atoms with van der Waals surface area (Å²) in [6.07, 6.45) is 3.26. The molecule has 0 saturated carbocycles. The van der Waals surface area contributed by atoms with Crippen LogP contribution in [0.2, 0.25) is 10.0 Å². The highest BCUT2D eigenvalue weighted by molar-refractivity contribution is 7.91. The first-order valence-electron chi connectivity index (χ1n) is 9.12. The second kappa shape index (κ2) is 9.51. The van der Waals surface area contributed by atoms with Gasteiger partial charge >= 0.3 is 0 Å². The molecule has 0 saturated heterocycles. The Labute approximate surface area is 190 Å². The number of amides is 1. The molecular weight excluding hydrogens is 457 g/mol. The summed E-state index contributed by atoms with van der Waals surface area (Å²) < 4.78 is 25.8. The van der Waals surface area contributed by atoms with Crippen molar-refractivity contribution in [1.29, 1.82) is 0 Å². The largest absolute Gasteiger partial charge is 0.351 e. The minimum Gasteiger partial charge on any atom is -0.351 e. The maximum atomic E-state index is 12.9. The fourth-order valence-corrected chi connectivity index (χ4v) is 5.30. The molecule has 0 fully saturated rings. The highest BCUT2D eigenvalue weighted by Gasteiger charge is 2.23. The van der Waals surface area contributed by atoms with Gasteiger partial charge in [-0.25, -0.2) is 8.42 Å². The Kier molecular flexibility index (Phi) is 7.00. The number of aromatic nitrogens is 1. The van der Waals surface area contributed by atoms with Gasteiger partial charge in [-0.15, -0.1) is 0 Å². The summed E-state index contributed by atoms with van der Waals surface area (Å²) in [5.41, 5.74) is 2.81. The zero-order valence-electron chi connectivity index (χ0n) is 16.5. The van der Waals surface area contributed by atoms with Gasteiger partial charge in [0.2, 0.25) is 9.84 Å². The smallest absolute Gasteiger partial charge is 0.267 e. The average molecular weight is 476 g/mol. The van der Waals surface area contributed by atoms with Gasteiger partial charge in [0.1, 0.15) is 10.6 Å². The minimum absolute atomic E-state index is 0.0585. The number of aryl methyl sites for hydroxylation is 1. The topological polar surface area (TPSA) is 91.4 Å². The van der Waals surface area contributed by atoms with E-state index in [0.29, 0.717) is 5.69 Å². The van der Waals surface area contributed by atoms with Gasteiger partial charge < -0.3 is 10.3 Å². The molecule has 160 valence electrons. The van der Waals surface area contributed by atoms with E-state index in [4.69, 9.17) is 23.2 Å². The van der Waals surface area contributed by atoms with Crippen LogP contribution in [0.25, 0.3) is 6.08 Å². The first-order valence-corrected chi connectivity index (χ1v) is 11.4. The van der Waals surface area contributed by atoms with E-state index in [1.165, 1.54) is 30.5 Å². The number of rotatable bonds is 7. The van der Waals surface area contributed by atoms with Crippen molar-refractivity contribution in [2.45, 2.75) is 23.3 Å². The van der Waals surface area contributed by atoms with Crippen LogP contribution in [0.4, 0.5) is 0 Å². The highest BCUT2D eigenvalue weighted by atomic mass is 35.5. The van der Waals surface area contributed by atoms with Gasteiger partial charge in [0.05, 0.1) is 14.9 Å². The number of halogens is 2. The van der Waals surface area contributed by atoms with Crippen LogP contribution in [0, 0.1) is 6.92 Å². The molecule has 1 aromatic heterocycles. The molecule has 2 N–H and O–H groups in total. The van der Waals surface area contributed by atoms with Crippen LogP contribution in [0.5, 0.6) is 0 Å². The molecule has 0 aliphatic carbocycles. The fraction of sp³-hybridized carbons (Fsp3) is 0.0909. The predicted molar refractivity (Wildman–Crippen MR) is 124 cm³/mol. The monoisotopic (exact) mass is 475 g/mol. The Bertz CT molecular complexity index is 1240. The quantitative estimate of drug-likeness (QED) is 0.467. The number of carbonyl (C=O) groups excluding carboxylic acids is 1. The number of H-pyrrole nitrogens is 1. The summed E-state index contributed by atoms with van der Waals surface area (Å²) >= 11 is 12.1. The van der Waals surface area contributed by atoms with Crippen LogP contribution in [0.1, 0.15) is 27.3 Å². The number of benzene rings is 2. The average Bonchev–Trinajstić information content (AvgIpc) is 3.11. The SMILES string of the molecule is C=N/C=C\c1[nH]c(C(=O)NCc2ccc(S(=O)(=O)c3c(Cl)cccc3Cl)cc2)cc1C. The Morgan fingerprint density at radius 2 is 1.81 bits per heavy atom. The lowest BCUT2D eigenvalue weighted by atomic mass is 10.2. The summed E-state index contributed by atoms with van der Waals surface area (Å²) in [6, 6.07) is 12.4. The van der Waals surface area contributed by atoms with Crippen LogP contribution in [0.15, 0.2) is 69.5 Å². The zero-order valence-corrected chi connectivity index (χ0v) is 18.9. The number of hydrogen-bond donors (Lipinski definition) is 2. The third-order valence-corrected chi connectivity index (χ3v) is 7.24. The van der Waals surface area contributed by atoms with Gasteiger partial charge in [-0.05, 0) is 61.2 Å². The van der Waals surface area contributed by atoms with E-state index in [1.54, 1.807) is 30.3 Å². The Morgan fingerprint density at radius 3 is 2.42 bits per heavy atom. The molecule has 0 bridgehead atoms. The lowest BCUT2D eigenvalue weighted by Gasteiger charge is -2.10. The Balaban J connectivity index is 1.72. The Hall–Kier alpha value is -2.87. The number of sulfone groups is 1. The van der Waals surface area contributed by atoms with Crippen LogP contribution >= 0.6 is 23.2 Å². The van der Waals surface area contributed by atoms with Crippen molar-refractivity contribution in [3.63, 3.8) is 0 Å². The molecule has 3 aromatic rings. The summed E-state index contributed by atoms with van der Waals surface area (Å²) in [7, 11) is -3.88. The minimum atomic E-state index is -3.88. The van der Waals surface area contributed by atoms with Crippen molar-refractivity contribution in [3.8, 4) is 0 Å². The van der Waals surface area contributed by atoms with E-state index in [0.717, 1.165) is 16.8 Å². The van der Waals surface area contributed by atoms with Crippen LogP contribution in [-0.2, 0) is 16.4 Å². The second-order valence-electron chi connectivity index (χ2n) is 6.66. The first kappa shape index (κ1) is 22.8. The number of nitrogens with zero attached hydrogens (tertiary/aromatic N) is 1. The van der Waals surface area contributed by atoms with Gasteiger partial charge in [0.25, 0.3) is 5.91 Å². The van der Waals surface area contributed by atoms with Gasteiger partial charge in [-0.1, -0.05) is 41.4 Å². The third kappa shape index (κ3) is 5.07. The number of nitrogens with one attached hydrogen (secondary N) is 2. The van der Waals surface area contributed by atoms with Crippen LogP contribution in [-0.4, -0.2) is 26.0 Å². The standard InChI is InChI=1S/C22H19Cl2N3O3S/c1-14-12-20(27-19(14)10-11-25-2)22(28)26-13-15-6-8-16(9-7-15)31(29,30)21-17(23)4-3-5-18(21)24/h3-12,27H,2,13H2,1H3,(H,26,28)/b11-10-. The number of aliphatic imine (C=N–C) groups is 1. The van der Waals surface area contributed by atoms with E-state index in [9.17, 15) is 13.2 Å². The number of aromatic amines is 1. The van der Waals surface area contributed by atoms with Gasteiger partial charge in [0, 0.05) is 18.4 Å². The zero-order chi connectivity index (χ0) is 22.6. The predicted octanol–water partition coefficient (Wildman–Crippen LogP) is 5.06. The summed E-state index contributed by atoms with van der Waals surface area (Å²) in [5, 5.41) is 2.92. The van der Waals surface area contributed by atoms with E-state index >= 15 is 0 Å². The van der Waals surface area contributed by atoms with Gasteiger partial charge in [-0.2, -0.15) is 0 Å². The van der Waals surface area contributed by atoms with E-state index in [2.05, 4.69) is 22.0 Å². The third-order valence-electron chi connectivity index (χ3n) is 4.52. The second-order valence-corrected chi connectivity index (χ2v) is 9.36. The Morgan fingerprint density at radius 1 is 1.16 bits per heavy atom. The van der Waals surface area contributed by atoms with Crippen molar-refractivity contribution >= 4 is 51.7 Å². The molecule has 2 aromatic carbocycles. The van der Waals surface area contributed by atoms with Crippen molar-refractivity contribution < 1.29 is 13.2 Å². The van der Waals surface area contributed by atoms with E-state index in [-0.39, 0.29) is 32.3 Å². The maximum absolute atomic E-state index is 12.9. The fourth-order valence-electron chi connectivity index (χ4n) is 2.92. The molecule has 6 nitrogen and oxygen atoms in total. The van der Waals surface area contributed by atoms with Crippen LogP contribution in [0.3, 0.4) is 0 Å². The summed E-state index contributed by atoms with van der Waals surface area (Å²) in [6.45, 7) is 5.48. The summed E-state index contributed by atoms with van der Waals surface area (Å²) in [4.78, 5) is 19.0. The molecule has 1 amide bonds. The molecule has 1 heterocycles. The molecule has 9 heteroatoms. The van der Waals surface area contributed by atoms with Crippen molar-refractivity contribution in [2.75, 3.05) is 0 Å². The molecule has 0 aliphatic heterocycles. The van der Waals surface area contributed by atoms with Gasteiger partial charge in [0.15, 0.2) is 0 Å². The maximum Gasteiger partial charge on any atom is 0.267 e. The molecule has 0 spiro atoms. The molecular formula is C22H19Cl2N3O3S. The lowest BCUT2D eigenvalue weighted by Crippen LogP contribution is -2.23. The molecule has 0 unspecified atom stereocenters. The van der Waals surface area contributed by atoms with Crippen LogP contribution < -0.4 is 5.32 Å². The number of carbonyl (C=O) groups is 1. The molecule has 3 rings (SSSR count).